The molecule has 0 aliphatic rings. The van der Waals surface area contributed by atoms with E-state index in [4.69, 9.17) is 16.7 Å². The molecule has 23 heteroatoms. The molecule has 2 aromatic carbocycles. The first-order chi connectivity index (χ1) is 32.1. The molecule has 18 nitrogen and oxygen atoms in total. The third-order valence-corrected chi connectivity index (χ3v) is 12.3. The summed E-state index contributed by atoms with van der Waals surface area (Å²) in [6, 6.07) is 14.9. The second-order valence-electron chi connectivity index (χ2n) is 16.5. The van der Waals surface area contributed by atoms with E-state index in [0.29, 0.717) is 27.8 Å². The molecular formula is C46H53ClF2N10O8S2. The summed E-state index contributed by atoms with van der Waals surface area (Å²) < 4.78 is 80.1. The van der Waals surface area contributed by atoms with Crippen molar-refractivity contribution in [3.63, 3.8) is 0 Å². The quantitative estimate of drug-likeness (QED) is 0.135. The molecule has 3 N–H and O–H groups in total. The van der Waals surface area contributed by atoms with Crippen LogP contribution in [-0.4, -0.2) is 107 Å². The first-order valence-electron chi connectivity index (χ1n) is 20.9. The van der Waals surface area contributed by atoms with E-state index in [0.717, 1.165) is 33.5 Å². The molecule has 0 saturated heterocycles. The van der Waals surface area contributed by atoms with Gasteiger partial charge in [-0.25, -0.2) is 27.1 Å². The summed E-state index contributed by atoms with van der Waals surface area (Å²) in [5.74, 6) is -2.39. The molecule has 6 rings (SSSR count). The number of carbonyl (C=O) groups is 4. The van der Waals surface area contributed by atoms with Gasteiger partial charge in [0.05, 0.1) is 6.42 Å². The molecule has 0 unspecified atom stereocenters. The summed E-state index contributed by atoms with van der Waals surface area (Å²) in [5, 5.41) is 11.2. The van der Waals surface area contributed by atoms with E-state index in [1.54, 1.807) is 57.1 Å². The number of amides is 3. The molecule has 0 bridgehead atoms. The van der Waals surface area contributed by atoms with Crippen LogP contribution in [0.1, 0.15) is 82.8 Å². The Hall–Kier alpha value is -6.75. The van der Waals surface area contributed by atoms with Gasteiger partial charge in [-0.3, -0.25) is 38.5 Å². The van der Waals surface area contributed by atoms with E-state index in [-0.39, 0.29) is 52.8 Å². The highest BCUT2D eigenvalue weighted by atomic mass is 35.5. The summed E-state index contributed by atoms with van der Waals surface area (Å²) >= 11 is 5.54. The standard InChI is InChI=1S/C23H26FN5O4S.C16H15ClFNO.C7H12N4O3S/c1-14(2)17-9-16(24)10-18(15-7-6-8-25-13-15)19(17)11-21(30)27-34(32,33)22-12-20(29(5)26-22)23(31)28(3)4;1-10(2)13-6-12(18)7-14(15(13)8-16(17)20)11-4-3-5-19-9-11;1-10(2)7(12)5-4-6(9-11(5)3)15(8,13)14/h6-10,12-14H,11H2,1-5H3,(H,27,30);3-7,9-10H,8H2,1-2H3;4H,1-3H3,(H2,8,13,14). The number of pyridine rings is 2. The number of benzene rings is 2. The number of nitrogens with one attached hydrogen (secondary N) is 1. The van der Waals surface area contributed by atoms with Crippen molar-refractivity contribution < 1.29 is 44.8 Å². The highest BCUT2D eigenvalue weighted by molar-refractivity contribution is 7.90. The van der Waals surface area contributed by atoms with E-state index in [2.05, 4.69) is 20.2 Å². The Kier molecular flexibility index (Phi) is 18.3. The molecule has 6 aromatic rings. The van der Waals surface area contributed by atoms with Gasteiger partial charge >= 0.3 is 0 Å². The zero-order valence-electron chi connectivity index (χ0n) is 39.5. The number of halogens is 3. The maximum Gasteiger partial charge on any atom is 0.283 e. The highest BCUT2D eigenvalue weighted by Crippen LogP contribution is 2.33. The van der Waals surface area contributed by atoms with Gasteiger partial charge in [0, 0.05) is 96.8 Å². The molecule has 4 aromatic heterocycles. The third-order valence-electron chi connectivity index (χ3n) is 10.1. The number of hydrogen-bond donors (Lipinski definition) is 2. The summed E-state index contributed by atoms with van der Waals surface area (Å²) in [4.78, 5) is 58.6. The average molecular weight is 1010 g/mol. The SMILES string of the molecule is CC(C)c1cc(F)cc(-c2cccnc2)c1CC(=O)Cl.CC(C)c1cc(F)cc(-c2cccnc2)c1CC(=O)NS(=O)(=O)c1cc(C(=O)N(C)C)n(C)n1.CN(C)C(=O)c1cc(S(N)(=O)=O)nn1C. The molecule has 0 atom stereocenters. The number of aryl methyl sites for hydroxylation is 2. The monoisotopic (exact) mass is 1010 g/mol. The molecule has 0 saturated carbocycles. The van der Waals surface area contributed by atoms with Crippen LogP contribution in [-0.2, 0) is 56.6 Å². The minimum atomic E-state index is -4.35. The lowest BCUT2D eigenvalue weighted by Gasteiger charge is -2.18. The first kappa shape index (κ1) is 54.9. The van der Waals surface area contributed by atoms with Crippen LogP contribution in [0.3, 0.4) is 0 Å². The van der Waals surface area contributed by atoms with Crippen molar-refractivity contribution >= 4 is 54.6 Å². The van der Waals surface area contributed by atoms with Gasteiger partial charge in [-0.1, -0.05) is 39.8 Å². The summed E-state index contributed by atoms with van der Waals surface area (Å²) in [6.45, 7) is 7.64. The van der Waals surface area contributed by atoms with Crippen LogP contribution in [0.5, 0.6) is 0 Å². The smallest absolute Gasteiger partial charge is 0.283 e. The van der Waals surface area contributed by atoms with Crippen LogP contribution in [0, 0.1) is 11.6 Å². The number of nitrogens with zero attached hydrogens (tertiary/aromatic N) is 8. The van der Waals surface area contributed by atoms with Crippen molar-refractivity contribution in [2.45, 2.75) is 62.4 Å². The Bertz CT molecular complexity index is 3070. The van der Waals surface area contributed by atoms with Crippen LogP contribution in [0.4, 0.5) is 8.78 Å². The molecule has 0 aliphatic heterocycles. The number of aromatic nitrogens is 6. The van der Waals surface area contributed by atoms with Crippen molar-refractivity contribution in [1.29, 1.82) is 0 Å². The van der Waals surface area contributed by atoms with E-state index in [9.17, 15) is 44.8 Å². The number of primary sulfonamides is 1. The Morgan fingerprint density at radius 2 is 1.09 bits per heavy atom. The fourth-order valence-electron chi connectivity index (χ4n) is 6.85. The number of hydrogen-bond acceptors (Lipinski definition) is 12. The lowest BCUT2D eigenvalue weighted by molar-refractivity contribution is -0.118. The highest BCUT2D eigenvalue weighted by Gasteiger charge is 2.27. The van der Waals surface area contributed by atoms with Crippen molar-refractivity contribution in [2.75, 3.05) is 28.2 Å². The van der Waals surface area contributed by atoms with Gasteiger partial charge in [0.25, 0.3) is 31.9 Å². The lowest BCUT2D eigenvalue weighted by Crippen LogP contribution is -2.32. The molecule has 4 heterocycles. The Morgan fingerprint density at radius 3 is 1.43 bits per heavy atom. The number of carbonyl (C=O) groups excluding carboxylic acids is 4. The maximum absolute atomic E-state index is 14.4. The number of nitrogens with two attached hydrogens (primary N) is 1. The number of rotatable bonds is 13. The molecule has 368 valence electrons. The Morgan fingerprint density at radius 1 is 0.681 bits per heavy atom. The largest absolute Gasteiger partial charge is 0.343 e. The minimum Gasteiger partial charge on any atom is -0.343 e. The minimum absolute atomic E-state index is 0.0531. The van der Waals surface area contributed by atoms with Gasteiger partial charge in [-0.15, -0.1) is 0 Å². The van der Waals surface area contributed by atoms with Crippen molar-refractivity contribution in [1.82, 2.24) is 44.1 Å². The molecule has 0 fully saturated rings. The molecule has 0 spiro atoms. The third kappa shape index (κ3) is 14.4. The van der Waals surface area contributed by atoms with E-state index >= 15 is 0 Å². The maximum atomic E-state index is 14.4. The van der Waals surface area contributed by atoms with Crippen LogP contribution >= 0.6 is 11.6 Å². The number of sulfonamides is 2. The van der Waals surface area contributed by atoms with Gasteiger partial charge in [-0.2, -0.15) is 18.6 Å². The van der Waals surface area contributed by atoms with Crippen molar-refractivity contribution in [3.05, 3.63) is 131 Å². The molecule has 0 aliphatic carbocycles. The predicted molar refractivity (Wildman–Crippen MR) is 255 cm³/mol. The second kappa shape index (κ2) is 23.0. The molecule has 3 amide bonds. The lowest BCUT2D eigenvalue weighted by atomic mass is 9.88. The van der Waals surface area contributed by atoms with Gasteiger partial charge in [-0.05, 0) is 93.2 Å². The fourth-order valence-corrected chi connectivity index (χ4v) is 8.47. The fraction of sp³-hybridized carbons (Fsp3) is 0.304. The van der Waals surface area contributed by atoms with Crippen molar-refractivity contribution in [3.8, 4) is 22.3 Å². The van der Waals surface area contributed by atoms with Gasteiger partial charge < -0.3 is 9.80 Å². The average Bonchev–Trinajstić information content (AvgIpc) is 3.87. The molecular weight excluding hydrogens is 958 g/mol. The zero-order chi connectivity index (χ0) is 51.7. The second-order valence-corrected chi connectivity index (χ2v) is 20.1. The topological polar surface area (TPSA) is 243 Å². The summed E-state index contributed by atoms with van der Waals surface area (Å²) in [5.41, 5.74) is 5.41. The van der Waals surface area contributed by atoms with E-state index < -0.39 is 47.9 Å². The van der Waals surface area contributed by atoms with Gasteiger partial charge in [0.15, 0.2) is 10.1 Å². The molecule has 0 radical (unpaired) electrons. The van der Waals surface area contributed by atoms with Crippen molar-refractivity contribution in [2.24, 2.45) is 19.2 Å². The molecule has 69 heavy (non-hydrogen) atoms. The summed E-state index contributed by atoms with van der Waals surface area (Å²) in [7, 11) is 0.878. The van der Waals surface area contributed by atoms with Gasteiger partial charge in [0.1, 0.15) is 23.0 Å². The van der Waals surface area contributed by atoms with E-state index in [1.165, 1.54) is 66.9 Å². The van der Waals surface area contributed by atoms with E-state index in [1.807, 2.05) is 38.5 Å². The van der Waals surface area contributed by atoms with Gasteiger partial charge in [0.2, 0.25) is 11.1 Å². The normalized spacial score (nSPS) is 11.3. The summed E-state index contributed by atoms with van der Waals surface area (Å²) in [6.07, 6.45) is 6.20. The van der Waals surface area contributed by atoms with Crippen LogP contribution in [0.15, 0.2) is 95.5 Å². The Labute approximate surface area is 404 Å². The van der Waals surface area contributed by atoms with Crippen LogP contribution < -0.4 is 9.86 Å². The van der Waals surface area contributed by atoms with Crippen LogP contribution in [0.2, 0.25) is 0 Å². The Balaban J connectivity index is 0.000000250. The zero-order valence-corrected chi connectivity index (χ0v) is 41.9. The predicted octanol–water partition coefficient (Wildman–Crippen LogP) is 5.58. The van der Waals surface area contributed by atoms with Crippen LogP contribution in [0.25, 0.3) is 22.3 Å². The first-order valence-corrected chi connectivity index (χ1v) is 24.3.